The predicted octanol–water partition coefficient (Wildman–Crippen LogP) is 4.16. The summed E-state index contributed by atoms with van der Waals surface area (Å²) in [6, 6.07) is 17.8. The summed E-state index contributed by atoms with van der Waals surface area (Å²) in [6.07, 6.45) is 0. The number of carbonyl (C=O) groups excluding carboxylic acids is 1. The lowest BCUT2D eigenvalue weighted by Gasteiger charge is -2.18. The van der Waals surface area contributed by atoms with E-state index in [-0.39, 0.29) is 17.3 Å². The van der Waals surface area contributed by atoms with E-state index in [4.69, 9.17) is 4.52 Å². The van der Waals surface area contributed by atoms with Crippen molar-refractivity contribution in [3.05, 3.63) is 77.5 Å². The van der Waals surface area contributed by atoms with Gasteiger partial charge in [-0.05, 0) is 30.7 Å². The molecule has 0 saturated carbocycles. The fraction of sp³-hybridized carbons (Fsp3) is 0.240. The Kier molecular flexibility index (Phi) is 6.76. The number of sulfonamides is 1. The highest BCUT2D eigenvalue weighted by atomic mass is 32.2. The van der Waals surface area contributed by atoms with Gasteiger partial charge in [0.1, 0.15) is 0 Å². The molecular weight excluding hydrogens is 452 g/mol. The first-order valence-electron chi connectivity index (χ1n) is 11.0. The van der Waals surface area contributed by atoms with E-state index in [2.05, 4.69) is 15.5 Å². The SMILES string of the molecule is CCN(CC)S(=O)(=O)c1ccc(CNC(=O)c2cc(-c3ccccc3)nc3onc(C)c23)cc1. The van der Waals surface area contributed by atoms with Crippen LogP contribution in [0.1, 0.15) is 35.5 Å². The first kappa shape index (κ1) is 23.6. The van der Waals surface area contributed by atoms with Crippen molar-refractivity contribution < 1.29 is 17.7 Å². The van der Waals surface area contributed by atoms with Gasteiger partial charge in [-0.1, -0.05) is 61.5 Å². The molecule has 0 aliphatic carbocycles. The van der Waals surface area contributed by atoms with Crippen molar-refractivity contribution in [3.63, 3.8) is 0 Å². The van der Waals surface area contributed by atoms with E-state index < -0.39 is 10.0 Å². The Labute approximate surface area is 198 Å². The first-order chi connectivity index (χ1) is 16.3. The summed E-state index contributed by atoms with van der Waals surface area (Å²) in [5.41, 5.74) is 3.55. The molecule has 1 N–H and O–H groups in total. The van der Waals surface area contributed by atoms with Crippen LogP contribution in [0.4, 0.5) is 0 Å². The van der Waals surface area contributed by atoms with Crippen molar-refractivity contribution in [1.29, 1.82) is 0 Å². The first-order valence-corrected chi connectivity index (χ1v) is 12.5. The number of pyridine rings is 1. The minimum atomic E-state index is -3.52. The minimum absolute atomic E-state index is 0.231. The molecule has 1 amide bonds. The molecular formula is C25H26N4O4S. The molecule has 176 valence electrons. The quantitative estimate of drug-likeness (QED) is 0.408. The van der Waals surface area contributed by atoms with Gasteiger partial charge in [0.15, 0.2) is 0 Å². The van der Waals surface area contributed by atoms with E-state index in [0.717, 1.165) is 11.1 Å². The number of aromatic nitrogens is 2. The molecule has 0 saturated heterocycles. The molecule has 0 atom stereocenters. The van der Waals surface area contributed by atoms with Crippen molar-refractivity contribution in [3.8, 4) is 11.3 Å². The molecule has 0 spiro atoms. The normalized spacial score (nSPS) is 11.8. The molecule has 0 bridgehead atoms. The number of aryl methyl sites for hydroxylation is 1. The summed E-state index contributed by atoms with van der Waals surface area (Å²) in [5, 5.41) is 7.45. The number of hydrogen-bond acceptors (Lipinski definition) is 6. The Morgan fingerprint density at radius 3 is 2.35 bits per heavy atom. The molecule has 2 aromatic carbocycles. The zero-order chi connectivity index (χ0) is 24.3. The van der Waals surface area contributed by atoms with Gasteiger partial charge in [-0.3, -0.25) is 4.79 Å². The lowest BCUT2D eigenvalue weighted by atomic mass is 10.0. The van der Waals surface area contributed by atoms with Crippen LogP contribution in [0.5, 0.6) is 0 Å². The van der Waals surface area contributed by atoms with Crippen molar-refractivity contribution in [2.45, 2.75) is 32.2 Å². The lowest BCUT2D eigenvalue weighted by molar-refractivity contribution is 0.0952. The topological polar surface area (TPSA) is 105 Å². The molecule has 2 heterocycles. The number of amides is 1. The Morgan fingerprint density at radius 1 is 1.03 bits per heavy atom. The van der Waals surface area contributed by atoms with E-state index in [1.165, 1.54) is 4.31 Å². The van der Waals surface area contributed by atoms with Crippen molar-refractivity contribution in [2.24, 2.45) is 0 Å². The van der Waals surface area contributed by atoms with E-state index >= 15 is 0 Å². The van der Waals surface area contributed by atoms with Crippen molar-refractivity contribution in [1.82, 2.24) is 19.8 Å². The van der Waals surface area contributed by atoms with Gasteiger partial charge in [-0.15, -0.1) is 0 Å². The number of rotatable bonds is 8. The van der Waals surface area contributed by atoms with Crippen LogP contribution in [0, 0.1) is 6.92 Å². The highest BCUT2D eigenvalue weighted by Crippen LogP contribution is 2.27. The largest absolute Gasteiger partial charge is 0.348 e. The van der Waals surface area contributed by atoms with Crippen LogP contribution >= 0.6 is 0 Å². The predicted molar refractivity (Wildman–Crippen MR) is 130 cm³/mol. The molecule has 2 aromatic heterocycles. The van der Waals surface area contributed by atoms with E-state index in [0.29, 0.717) is 41.1 Å². The van der Waals surface area contributed by atoms with Gasteiger partial charge in [-0.2, -0.15) is 4.31 Å². The van der Waals surface area contributed by atoms with Crippen LogP contribution in [0.3, 0.4) is 0 Å². The standard InChI is InChI=1S/C25H26N4O4S/c1-4-29(5-2)34(31,32)20-13-11-18(12-14-20)16-26-24(30)21-15-22(19-9-7-6-8-10-19)27-25-23(21)17(3)28-33-25/h6-15H,4-5,16H2,1-3H3,(H,26,30). The molecule has 4 rings (SSSR count). The van der Waals surface area contributed by atoms with Crippen LogP contribution in [-0.2, 0) is 16.6 Å². The third-order valence-corrected chi connectivity index (χ3v) is 7.72. The Bertz CT molecular complexity index is 1410. The smallest absolute Gasteiger partial charge is 0.259 e. The number of carbonyl (C=O) groups is 1. The Morgan fingerprint density at radius 2 is 1.71 bits per heavy atom. The van der Waals surface area contributed by atoms with Crippen LogP contribution in [-0.4, -0.2) is 41.9 Å². The van der Waals surface area contributed by atoms with E-state index in [1.54, 1.807) is 37.3 Å². The zero-order valence-electron chi connectivity index (χ0n) is 19.3. The third-order valence-electron chi connectivity index (χ3n) is 5.65. The average Bonchev–Trinajstić information content (AvgIpc) is 3.24. The molecule has 34 heavy (non-hydrogen) atoms. The lowest BCUT2D eigenvalue weighted by Crippen LogP contribution is -2.30. The number of benzene rings is 2. The average molecular weight is 479 g/mol. The van der Waals surface area contributed by atoms with Crippen LogP contribution in [0.2, 0.25) is 0 Å². The molecule has 0 aliphatic heterocycles. The van der Waals surface area contributed by atoms with Gasteiger partial charge in [0, 0.05) is 25.2 Å². The summed E-state index contributed by atoms with van der Waals surface area (Å²) < 4.78 is 32.1. The molecule has 0 unspecified atom stereocenters. The minimum Gasteiger partial charge on any atom is -0.348 e. The maximum Gasteiger partial charge on any atom is 0.259 e. The second kappa shape index (κ2) is 9.74. The molecule has 4 aromatic rings. The van der Waals surface area contributed by atoms with Gasteiger partial charge in [0.2, 0.25) is 10.0 Å². The molecule has 0 radical (unpaired) electrons. The number of nitrogens with one attached hydrogen (secondary N) is 1. The highest BCUT2D eigenvalue weighted by Gasteiger charge is 2.22. The zero-order valence-corrected chi connectivity index (χ0v) is 20.1. The molecule has 8 nitrogen and oxygen atoms in total. The van der Waals surface area contributed by atoms with Crippen LogP contribution in [0.15, 0.2) is 70.1 Å². The Hall–Kier alpha value is -3.56. The van der Waals surface area contributed by atoms with E-state index in [9.17, 15) is 13.2 Å². The van der Waals surface area contributed by atoms with E-state index in [1.807, 2.05) is 44.2 Å². The van der Waals surface area contributed by atoms with Gasteiger partial charge in [0.25, 0.3) is 11.6 Å². The van der Waals surface area contributed by atoms with Gasteiger partial charge < -0.3 is 9.84 Å². The second-order valence-corrected chi connectivity index (χ2v) is 9.72. The monoisotopic (exact) mass is 478 g/mol. The second-order valence-electron chi connectivity index (χ2n) is 7.79. The van der Waals surface area contributed by atoms with Crippen LogP contribution in [0.25, 0.3) is 22.4 Å². The van der Waals surface area contributed by atoms with Gasteiger partial charge in [0.05, 0.1) is 27.2 Å². The molecule has 0 fully saturated rings. The number of hydrogen-bond donors (Lipinski definition) is 1. The number of nitrogens with zero attached hydrogens (tertiary/aromatic N) is 3. The van der Waals surface area contributed by atoms with Crippen molar-refractivity contribution in [2.75, 3.05) is 13.1 Å². The summed E-state index contributed by atoms with van der Waals surface area (Å²) in [4.78, 5) is 17.9. The summed E-state index contributed by atoms with van der Waals surface area (Å²) >= 11 is 0. The fourth-order valence-electron chi connectivity index (χ4n) is 3.80. The Balaban J connectivity index is 1.57. The molecule has 0 aliphatic rings. The summed E-state index contributed by atoms with van der Waals surface area (Å²) in [6.45, 7) is 6.43. The number of fused-ring (bicyclic) bond motifs is 1. The van der Waals surface area contributed by atoms with Crippen LogP contribution < -0.4 is 5.32 Å². The fourth-order valence-corrected chi connectivity index (χ4v) is 5.26. The summed E-state index contributed by atoms with van der Waals surface area (Å²) in [7, 11) is -3.52. The maximum atomic E-state index is 13.1. The third kappa shape index (κ3) is 4.57. The highest BCUT2D eigenvalue weighted by molar-refractivity contribution is 7.89. The maximum absolute atomic E-state index is 13.1. The van der Waals surface area contributed by atoms with Crippen molar-refractivity contribution >= 4 is 27.0 Å². The van der Waals surface area contributed by atoms with Gasteiger partial charge in [-0.25, -0.2) is 13.4 Å². The molecule has 9 heteroatoms. The van der Waals surface area contributed by atoms with Gasteiger partial charge >= 0.3 is 0 Å². The summed E-state index contributed by atoms with van der Waals surface area (Å²) in [5.74, 6) is -0.296.